The van der Waals surface area contributed by atoms with Crippen LogP contribution < -0.4 is 15.7 Å². The van der Waals surface area contributed by atoms with Gasteiger partial charge in [-0.15, -0.1) is 0 Å². The SMILES string of the molecule is C=C(/C=C(\C(=C\c1ccccc1)B1c2cccc3c2-n2c4c(cccc4c4cccc1c42)O3)c1ccccc1)c1ccccc1. The molecule has 0 N–H and O–H groups in total. The summed E-state index contributed by atoms with van der Waals surface area (Å²) in [5.74, 6) is 1.80. The van der Waals surface area contributed by atoms with E-state index in [-0.39, 0.29) is 6.71 Å². The standard InChI is InChI=1S/C42H28BNO/c1-28(30-16-7-3-8-17-30)26-34(31-18-9-4-10-19-31)37(27-29-14-5-2-6-15-29)43-35-22-11-20-32-33-21-12-24-38-41(33)44(40(32)35)42-36(43)23-13-25-39(42)45-38/h2-27H,1H2/b34-26-,37-27-. The number of hydrogen-bond acceptors (Lipinski definition) is 1. The Bertz CT molecular complexity index is 2350. The van der Waals surface area contributed by atoms with Crippen molar-refractivity contribution >= 4 is 56.7 Å². The smallest absolute Gasteiger partial charge is 0.247 e. The Balaban J connectivity index is 1.39. The van der Waals surface area contributed by atoms with Gasteiger partial charge in [-0.05, 0) is 57.0 Å². The molecule has 0 fully saturated rings. The first-order valence-electron chi connectivity index (χ1n) is 15.4. The number of hydrogen-bond donors (Lipinski definition) is 0. The molecule has 9 rings (SSSR count). The highest BCUT2D eigenvalue weighted by molar-refractivity contribution is 6.96. The van der Waals surface area contributed by atoms with E-state index in [1.807, 2.05) is 6.07 Å². The van der Waals surface area contributed by atoms with Crippen LogP contribution in [0, 0.1) is 0 Å². The third-order valence-corrected chi connectivity index (χ3v) is 9.19. The lowest BCUT2D eigenvalue weighted by Crippen LogP contribution is -2.50. The van der Waals surface area contributed by atoms with Gasteiger partial charge in [-0.1, -0.05) is 152 Å². The summed E-state index contributed by atoms with van der Waals surface area (Å²) in [7, 11) is 0. The van der Waals surface area contributed by atoms with E-state index in [1.54, 1.807) is 0 Å². The summed E-state index contributed by atoms with van der Waals surface area (Å²) in [5, 5.41) is 2.47. The summed E-state index contributed by atoms with van der Waals surface area (Å²) in [6.45, 7) is 4.51. The van der Waals surface area contributed by atoms with Gasteiger partial charge in [-0.2, -0.15) is 0 Å². The molecular formula is C42H28BNO. The molecule has 0 spiro atoms. The zero-order valence-electron chi connectivity index (χ0n) is 24.7. The second-order valence-electron chi connectivity index (χ2n) is 11.8. The number of para-hydroxylation sites is 3. The van der Waals surface area contributed by atoms with Gasteiger partial charge in [-0.3, -0.25) is 0 Å². The maximum absolute atomic E-state index is 6.63. The van der Waals surface area contributed by atoms with Crippen LogP contribution in [0.15, 0.2) is 164 Å². The van der Waals surface area contributed by atoms with Crippen LogP contribution in [0.25, 0.3) is 44.7 Å². The summed E-state index contributed by atoms with van der Waals surface area (Å²) >= 11 is 0. The topological polar surface area (TPSA) is 14.2 Å². The van der Waals surface area contributed by atoms with E-state index in [0.717, 1.165) is 50.5 Å². The van der Waals surface area contributed by atoms with Crippen molar-refractivity contribution in [1.82, 2.24) is 4.57 Å². The van der Waals surface area contributed by atoms with Crippen LogP contribution in [0.4, 0.5) is 0 Å². The van der Waals surface area contributed by atoms with Crippen molar-refractivity contribution in [3.05, 3.63) is 180 Å². The normalized spacial score (nSPS) is 13.4. The quantitative estimate of drug-likeness (QED) is 0.143. The van der Waals surface area contributed by atoms with Gasteiger partial charge in [0, 0.05) is 16.3 Å². The summed E-state index contributed by atoms with van der Waals surface area (Å²) in [5.41, 5.74) is 12.8. The fourth-order valence-corrected chi connectivity index (χ4v) is 7.27. The molecule has 7 aromatic rings. The van der Waals surface area contributed by atoms with Gasteiger partial charge in [0.15, 0.2) is 11.5 Å². The fourth-order valence-electron chi connectivity index (χ4n) is 7.27. The Hall–Kier alpha value is -5.80. The van der Waals surface area contributed by atoms with E-state index >= 15 is 0 Å². The summed E-state index contributed by atoms with van der Waals surface area (Å²) in [4.78, 5) is 0. The fraction of sp³-hybridized carbons (Fsp3) is 0. The van der Waals surface area contributed by atoms with Crippen LogP contribution in [-0.2, 0) is 0 Å². The lowest BCUT2D eigenvalue weighted by molar-refractivity contribution is 0.477. The molecule has 2 aliphatic heterocycles. The molecule has 210 valence electrons. The Labute approximate surface area is 262 Å². The van der Waals surface area contributed by atoms with Crippen molar-refractivity contribution in [2.45, 2.75) is 0 Å². The highest BCUT2D eigenvalue weighted by Crippen LogP contribution is 2.46. The van der Waals surface area contributed by atoms with Crippen LogP contribution in [-0.4, -0.2) is 11.3 Å². The molecule has 0 aliphatic carbocycles. The lowest BCUT2D eigenvalue weighted by atomic mass is 9.33. The van der Waals surface area contributed by atoms with Crippen LogP contribution in [0.3, 0.4) is 0 Å². The van der Waals surface area contributed by atoms with E-state index in [4.69, 9.17) is 4.74 Å². The second-order valence-corrected chi connectivity index (χ2v) is 11.8. The average Bonchev–Trinajstić information content (AvgIpc) is 3.45. The summed E-state index contributed by atoms with van der Waals surface area (Å²) < 4.78 is 9.09. The van der Waals surface area contributed by atoms with Crippen molar-refractivity contribution in [3.63, 3.8) is 0 Å². The largest absolute Gasteiger partial charge is 0.453 e. The highest BCUT2D eigenvalue weighted by atomic mass is 16.5. The third kappa shape index (κ3) is 3.98. The molecule has 0 saturated carbocycles. The third-order valence-electron chi connectivity index (χ3n) is 9.19. The molecule has 0 amide bonds. The minimum Gasteiger partial charge on any atom is -0.453 e. The molecular weight excluding hydrogens is 545 g/mol. The zero-order valence-corrected chi connectivity index (χ0v) is 24.7. The van der Waals surface area contributed by atoms with E-state index in [0.29, 0.717) is 0 Å². The molecule has 2 aliphatic rings. The molecule has 0 radical (unpaired) electrons. The molecule has 6 aromatic carbocycles. The summed E-state index contributed by atoms with van der Waals surface area (Å²) in [6, 6.07) is 51.5. The number of rotatable bonds is 6. The molecule has 3 heterocycles. The Morgan fingerprint density at radius 2 is 1.18 bits per heavy atom. The van der Waals surface area contributed by atoms with Crippen molar-refractivity contribution in [2.75, 3.05) is 0 Å². The number of allylic oxidation sites excluding steroid dienone is 4. The number of fused-ring (bicyclic) bond motifs is 1. The van der Waals surface area contributed by atoms with Crippen molar-refractivity contribution in [2.24, 2.45) is 0 Å². The first-order valence-corrected chi connectivity index (χ1v) is 15.4. The molecule has 1 aromatic heterocycles. The van der Waals surface area contributed by atoms with E-state index < -0.39 is 0 Å². The van der Waals surface area contributed by atoms with E-state index in [9.17, 15) is 0 Å². The second kappa shape index (κ2) is 10.1. The van der Waals surface area contributed by atoms with Gasteiger partial charge in [0.05, 0.1) is 11.2 Å². The van der Waals surface area contributed by atoms with Crippen LogP contribution in [0.1, 0.15) is 16.7 Å². The number of aromatic nitrogens is 1. The van der Waals surface area contributed by atoms with Crippen LogP contribution >= 0.6 is 0 Å². The monoisotopic (exact) mass is 573 g/mol. The van der Waals surface area contributed by atoms with Gasteiger partial charge in [0.1, 0.15) is 0 Å². The molecule has 3 heteroatoms. The molecule has 0 unspecified atom stereocenters. The van der Waals surface area contributed by atoms with Crippen LogP contribution in [0.2, 0.25) is 0 Å². The van der Waals surface area contributed by atoms with Gasteiger partial charge in [0.25, 0.3) is 0 Å². The average molecular weight is 574 g/mol. The first-order chi connectivity index (χ1) is 22.3. The van der Waals surface area contributed by atoms with Gasteiger partial charge >= 0.3 is 0 Å². The van der Waals surface area contributed by atoms with Crippen LogP contribution in [0.5, 0.6) is 11.5 Å². The molecule has 2 nitrogen and oxygen atoms in total. The summed E-state index contributed by atoms with van der Waals surface area (Å²) in [6.07, 6.45) is 4.64. The van der Waals surface area contributed by atoms with Gasteiger partial charge < -0.3 is 9.30 Å². The predicted molar refractivity (Wildman–Crippen MR) is 190 cm³/mol. The maximum atomic E-state index is 6.63. The van der Waals surface area contributed by atoms with E-state index in [2.05, 4.69) is 163 Å². The van der Waals surface area contributed by atoms with Gasteiger partial charge in [0.2, 0.25) is 6.71 Å². The van der Waals surface area contributed by atoms with E-state index in [1.165, 1.54) is 32.7 Å². The minimum absolute atomic E-state index is 0.0548. The predicted octanol–water partition coefficient (Wildman–Crippen LogP) is 9.23. The molecule has 0 saturated heterocycles. The maximum Gasteiger partial charge on any atom is 0.247 e. The van der Waals surface area contributed by atoms with Crippen molar-refractivity contribution in [3.8, 4) is 17.2 Å². The molecule has 0 bridgehead atoms. The number of benzene rings is 6. The highest BCUT2D eigenvalue weighted by Gasteiger charge is 2.39. The Kier molecular flexibility index (Phi) is 5.79. The zero-order chi connectivity index (χ0) is 29.9. The Morgan fingerprint density at radius 1 is 0.578 bits per heavy atom. The number of ether oxygens (including phenoxy) is 1. The number of nitrogens with zero attached hydrogens (tertiary/aromatic N) is 1. The van der Waals surface area contributed by atoms with Crippen molar-refractivity contribution < 1.29 is 4.74 Å². The minimum atomic E-state index is -0.0548. The first kappa shape index (κ1) is 25.7. The van der Waals surface area contributed by atoms with Gasteiger partial charge in [-0.25, -0.2) is 0 Å². The molecule has 0 atom stereocenters. The Morgan fingerprint density at radius 3 is 1.93 bits per heavy atom. The lowest BCUT2D eigenvalue weighted by Gasteiger charge is -2.32. The molecule has 45 heavy (non-hydrogen) atoms. The van der Waals surface area contributed by atoms with Crippen molar-refractivity contribution in [1.29, 1.82) is 0 Å².